The standard InChI is InChI=1S/C16H23NO4S/c1-11-6-15(16(18)19)9-17(8-11)22(20,21)10-14-5-4-12(2)13(3)7-14/h4-5,7,11,15H,6,8-10H2,1-3H3,(H,18,19). The third-order valence-corrected chi connectivity index (χ3v) is 6.07. The molecule has 1 aromatic carbocycles. The van der Waals surface area contributed by atoms with E-state index in [1.54, 1.807) is 0 Å². The minimum Gasteiger partial charge on any atom is -0.481 e. The van der Waals surface area contributed by atoms with Crippen LogP contribution in [-0.4, -0.2) is 36.9 Å². The molecule has 0 amide bonds. The monoisotopic (exact) mass is 325 g/mol. The molecule has 2 atom stereocenters. The number of hydrogen-bond acceptors (Lipinski definition) is 3. The van der Waals surface area contributed by atoms with Gasteiger partial charge in [-0.2, -0.15) is 0 Å². The second-order valence-corrected chi connectivity index (χ2v) is 8.34. The van der Waals surface area contributed by atoms with Crippen molar-refractivity contribution in [1.29, 1.82) is 0 Å². The number of hydrogen-bond donors (Lipinski definition) is 1. The minimum absolute atomic E-state index is 0.0596. The van der Waals surface area contributed by atoms with Crippen LogP contribution in [-0.2, 0) is 20.6 Å². The van der Waals surface area contributed by atoms with Gasteiger partial charge in [-0.05, 0) is 42.9 Å². The van der Waals surface area contributed by atoms with Gasteiger partial charge in [-0.25, -0.2) is 12.7 Å². The van der Waals surface area contributed by atoms with E-state index in [1.165, 1.54) is 4.31 Å². The van der Waals surface area contributed by atoms with Crippen molar-refractivity contribution in [3.8, 4) is 0 Å². The fourth-order valence-corrected chi connectivity index (χ4v) is 4.58. The van der Waals surface area contributed by atoms with Crippen molar-refractivity contribution in [1.82, 2.24) is 4.31 Å². The molecule has 0 spiro atoms. The summed E-state index contributed by atoms with van der Waals surface area (Å²) in [7, 11) is -3.50. The molecular weight excluding hydrogens is 302 g/mol. The largest absolute Gasteiger partial charge is 0.481 e. The van der Waals surface area contributed by atoms with Gasteiger partial charge in [-0.3, -0.25) is 4.79 Å². The van der Waals surface area contributed by atoms with Crippen molar-refractivity contribution >= 4 is 16.0 Å². The van der Waals surface area contributed by atoms with Crippen molar-refractivity contribution in [2.45, 2.75) is 32.9 Å². The smallest absolute Gasteiger partial charge is 0.307 e. The van der Waals surface area contributed by atoms with Crippen molar-refractivity contribution in [3.63, 3.8) is 0 Å². The van der Waals surface area contributed by atoms with E-state index in [1.807, 2.05) is 39.0 Å². The van der Waals surface area contributed by atoms with Crippen LogP contribution < -0.4 is 0 Å². The molecule has 0 bridgehead atoms. The fraction of sp³-hybridized carbons (Fsp3) is 0.562. The van der Waals surface area contributed by atoms with E-state index in [0.717, 1.165) is 16.7 Å². The number of carboxylic acid groups (broad SMARTS) is 1. The Morgan fingerprint density at radius 1 is 1.27 bits per heavy atom. The average Bonchev–Trinajstić information content (AvgIpc) is 2.42. The lowest BCUT2D eigenvalue weighted by molar-refractivity contribution is -0.143. The summed E-state index contributed by atoms with van der Waals surface area (Å²) < 4.78 is 26.5. The first-order chi connectivity index (χ1) is 10.2. The van der Waals surface area contributed by atoms with Crippen molar-refractivity contribution in [2.24, 2.45) is 11.8 Å². The van der Waals surface area contributed by atoms with Gasteiger partial charge in [0.2, 0.25) is 10.0 Å². The summed E-state index contributed by atoms with van der Waals surface area (Å²) in [6, 6.07) is 5.62. The summed E-state index contributed by atoms with van der Waals surface area (Å²) in [5, 5.41) is 9.17. The van der Waals surface area contributed by atoms with Crippen LogP contribution in [0.25, 0.3) is 0 Å². The number of rotatable bonds is 4. The molecule has 1 saturated heterocycles. The molecule has 1 aliphatic rings. The van der Waals surface area contributed by atoms with Gasteiger partial charge >= 0.3 is 5.97 Å². The summed E-state index contributed by atoms with van der Waals surface area (Å²) in [4.78, 5) is 11.2. The molecule has 2 rings (SSSR count). The van der Waals surface area contributed by atoms with Crippen LogP contribution in [0.2, 0.25) is 0 Å². The molecule has 1 aliphatic heterocycles. The summed E-state index contributed by atoms with van der Waals surface area (Å²) in [5.41, 5.74) is 2.93. The number of carbonyl (C=O) groups is 1. The molecule has 1 aromatic rings. The van der Waals surface area contributed by atoms with Crippen LogP contribution in [0, 0.1) is 25.7 Å². The van der Waals surface area contributed by atoms with Crippen LogP contribution in [0.3, 0.4) is 0 Å². The number of sulfonamides is 1. The molecule has 122 valence electrons. The van der Waals surface area contributed by atoms with Crippen LogP contribution in [0.15, 0.2) is 18.2 Å². The summed E-state index contributed by atoms with van der Waals surface area (Å²) in [6.45, 7) is 6.31. The summed E-state index contributed by atoms with van der Waals surface area (Å²) in [6.07, 6.45) is 0.533. The van der Waals surface area contributed by atoms with E-state index in [0.29, 0.717) is 13.0 Å². The molecule has 1 N–H and O–H groups in total. The fourth-order valence-electron chi connectivity index (χ4n) is 2.90. The second-order valence-electron chi connectivity index (χ2n) is 6.37. The van der Waals surface area contributed by atoms with E-state index in [4.69, 9.17) is 0 Å². The molecule has 6 heteroatoms. The SMILES string of the molecule is Cc1ccc(CS(=O)(=O)N2CC(C)CC(C(=O)O)C2)cc1C. The lowest BCUT2D eigenvalue weighted by Gasteiger charge is -2.33. The van der Waals surface area contributed by atoms with E-state index in [-0.39, 0.29) is 18.2 Å². The number of aryl methyl sites for hydroxylation is 2. The zero-order chi connectivity index (χ0) is 16.5. The average molecular weight is 325 g/mol. The lowest BCUT2D eigenvalue weighted by atomic mass is 9.92. The molecular formula is C16H23NO4S. The quantitative estimate of drug-likeness (QED) is 0.920. The maximum absolute atomic E-state index is 12.6. The van der Waals surface area contributed by atoms with Crippen molar-refractivity contribution in [2.75, 3.05) is 13.1 Å². The molecule has 5 nitrogen and oxygen atoms in total. The molecule has 1 heterocycles. The van der Waals surface area contributed by atoms with Crippen LogP contribution in [0.5, 0.6) is 0 Å². The first-order valence-electron chi connectivity index (χ1n) is 7.46. The summed E-state index contributed by atoms with van der Waals surface area (Å²) in [5.74, 6) is -1.55. The minimum atomic E-state index is -3.50. The van der Waals surface area contributed by atoms with E-state index >= 15 is 0 Å². The molecule has 0 aliphatic carbocycles. The number of piperidine rings is 1. The Balaban J connectivity index is 2.18. The number of aliphatic carboxylic acids is 1. The Morgan fingerprint density at radius 3 is 2.55 bits per heavy atom. The Bertz CT molecular complexity index is 669. The van der Waals surface area contributed by atoms with Gasteiger partial charge in [-0.1, -0.05) is 25.1 Å². The van der Waals surface area contributed by atoms with Gasteiger partial charge in [0.1, 0.15) is 0 Å². The third-order valence-electron chi connectivity index (χ3n) is 4.29. The number of benzene rings is 1. The third kappa shape index (κ3) is 3.87. The molecule has 0 aromatic heterocycles. The molecule has 1 fully saturated rings. The Kier molecular flexibility index (Phi) is 4.92. The van der Waals surface area contributed by atoms with Crippen molar-refractivity contribution < 1.29 is 18.3 Å². The molecule has 0 radical (unpaired) electrons. The van der Waals surface area contributed by atoms with E-state index < -0.39 is 21.9 Å². The lowest BCUT2D eigenvalue weighted by Crippen LogP contribution is -2.45. The first-order valence-corrected chi connectivity index (χ1v) is 9.06. The van der Waals surface area contributed by atoms with E-state index in [2.05, 4.69) is 0 Å². The van der Waals surface area contributed by atoms with Gasteiger partial charge in [-0.15, -0.1) is 0 Å². The van der Waals surface area contributed by atoms with Gasteiger partial charge in [0.05, 0.1) is 11.7 Å². The van der Waals surface area contributed by atoms with Gasteiger partial charge < -0.3 is 5.11 Å². The topological polar surface area (TPSA) is 74.7 Å². The van der Waals surface area contributed by atoms with Gasteiger partial charge in [0.15, 0.2) is 0 Å². The predicted molar refractivity (Wildman–Crippen MR) is 85.0 cm³/mol. The van der Waals surface area contributed by atoms with Crippen molar-refractivity contribution in [3.05, 3.63) is 34.9 Å². The molecule has 0 saturated carbocycles. The Hall–Kier alpha value is -1.40. The van der Waals surface area contributed by atoms with E-state index in [9.17, 15) is 18.3 Å². The normalized spacial score (nSPS) is 23.4. The Morgan fingerprint density at radius 2 is 1.95 bits per heavy atom. The predicted octanol–water partition coefficient (Wildman–Crippen LogP) is 2.18. The first kappa shape index (κ1) is 17.0. The highest BCUT2D eigenvalue weighted by molar-refractivity contribution is 7.88. The van der Waals surface area contributed by atoms with Crippen LogP contribution >= 0.6 is 0 Å². The molecule has 2 unspecified atom stereocenters. The van der Waals surface area contributed by atoms with Crippen LogP contribution in [0.1, 0.15) is 30.0 Å². The highest BCUT2D eigenvalue weighted by Crippen LogP contribution is 2.25. The summed E-state index contributed by atoms with van der Waals surface area (Å²) >= 11 is 0. The van der Waals surface area contributed by atoms with Gasteiger partial charge in [0, 0.05) is 13.1 Å². The zero-order valence-corrected chi connectivity index (χ0v) is 14.1. The molecule has 22 heavy (non-hydrogen) atoms. The zero-order valence-electron chi connectivity index (χ0n) is 13.2. The highest BCUT2D eigenvalue weighted by Gasteiger charge is 2.35. The number of nitrogens with zero attached hydrogens (tertiary/aromatic N) is 1. The van der Waals surface area contributed by atoms with Gasteiger partial charge in [0.25, 0.3) is 0 Å². The number of carboxylic acids is 1. The van der Waals surface area contributed by atoms with Crippen LogP contribution in [0.4, 0.5) is 0 Å². The second kappa shape index (κ2) is 6.38. The maximum Gasteiger partial charge on any atom is 0.307 e. The Labute approximate surface area is 132 Å². The highest BCUT2D eigenvalue weighted by atomic mass is 32.2. The maximum atomic E-state index is 12.6.